The molecule has 1 saturated heterocycles. The third-order valence-electron chi connectivity index (χ3n) is 6.72. The molecule has 0 aliphatic carbocycles. The van der Waals surface area contributed by atoms with E-state index in [2.05, 4.69) is 88.5 Å². The standard InChI is InChI=1S/C27H30N6O/c1-18-5-8-23(9-6-18)33-16-24-25(31-33)29-17-30-26(24)32-12-10-21(11-13-32)27(34)28-15-22-14-19(2)4-7-20(22)3/h4-9,14,16-17,21H,10-13,15H2,1-3H3,(H,28,34). The number of hydrogen-bond donors (Lipinski definition) is 1. The summed E-state index contributed by atoms with van der Waals surface area (Å²) in [6.07, 6.45) is 5.18. The molecule has 2 aromatic heterocycles. The number of carbonyl (C=O) groups is 1. The molecule has 3 heterocycles. The number of rotatable bonds is 5. The molecule has 1 N–H and O–H groups in total. The highest BCUT2D eigenvalue weighted by atomic mass is 16.1. The number of carbonyl (C=O) groups excluding carboxylic acids is 1. The van der Waals surface area contributed by atoms with Crippen molar-refractivity contribution in [3.63, 3.8) is 0 Å². The van der Waals surface area contributed by atoms with Crippen molar-refractivity contribution in [3.05, 3.63) is 77.2 Å². The van der Waals surface area contributed by atoms with Crippen molar-refractivity contribution in [2.24, 2.45) is 5.92 Å². The van der Waals surface area contributed by atoms with E-state index in [1.807, 2.05) is 10.9 Å². The summed E-state index contributed by atoms with van der Waals surface area (Å²) in [5.41, 5.74) is 6.49. The Morgan fingerprint density at radius 2 is 1.74 bits per heavy atom. The molecule has 1 aliphatic heterocycles. The average molecular weight is 455 g/mol. The van der Waals surface area contributed by atoms with Crippen LogP contribution in [0, 0.1) is 26.7 Å². The minimum absolute atomic E-state index is 0.0222. The van der Waals surface area contributed by atoms with E-state index in [9.17, 15) is 4.79 Å². The van der Waals surface area contributed by atoms with Crippen molar-refractivity contribution >= 4 is 22.8 Å². The van der Waals surface area contributed by atoms with Crippen LogP contribution in [-0.4, -0.2) is 38.7 Å². The maximum Gasteiger partial charge on any atom is 0.223 e. The van der Waals surface area contributed by atoms with Gasteiger partial charge in [0.25, 0.3) is 0 Å². The van der Waals surface area contributed by atoms with Crippen molar-refractivity contribution in [2.75, 3.05) is 18.0 Å². The zero-order valence-corrected chi connectivity index (χ0v) is 20.0. The zero-order valence-electron chi connectivity index (χ0n) is 20.0. The van der Waals surface area contributed by atoms with Crippen molar-refractivity contribution in [1.29, 1.82) is 0 Å². The molecular formula is C27H30N6O. The Labute approximate surface area is 199 Å². The molecule has 174 valence electrons. The van der Waals surface area contributed by atoms with E-state index in [0.717, 1.165) is 42.8 Å². The van der Waals surface area contributed by atoms with Gasteiger partial charge in [-0.1, -0.05) is 41.5 Å². The Hall–Kier alpha value is -3.74. The maximum absolute atomic E-state index is 12.8. The molecule has 1 fully saturated rings. The van der Waals surface area contributed by atoms with Crippen molar-refractivity contribution in [1.82, 2.24) is 25.1 Å². The van der Waals surface area contributed by atoms with Crippen LogP contribution in [0.2, 0.25) is 0 Å². The van der Waals surface area contributed by atoms with E-state index >= 15 is 0 Å². The summed E-state index contributed by atoms with van der Waals surface area (Å²) >= 11 is 0. The number of benzene rings is 2. The van der Waals surface area contributed by atoms with Gasteiger partial charge in [-0.25, -0.2) is 14.6 Å². The van der Waals surface area contributed by atoms with Gasteiger partial charge in [0.15, 0.2) is 5.65 Å². The molecule has 4 aromatic rings. The van der Waals surface area contributed by atoms with Crippen LogP contribution in [0.4, 0.5) is 5.82 Å². The monoisotopic (exact) mass is 454 g/mol. The first-order chi connectivity index (χ1) is 16.5. The average Bonchev–Trinajstić information content (AvgIpc) is 3.29. The Morgan fingerprint density at radius 1 is 1.00 bits per heavy atom. The van der Waals surface area contributed by atoms with Gasteiger partial charge < -0.3 is 10.2 Å². The lowest BCUT2D eigenvalue weighted by Gasteiger charge is -2.32. The predicted octanol–water partition coefficient (Wildman–Crippen LogP) is 4.27. The third kappa shape index (κ3) is 4.51. The summed E-state index contributed by atoms with van der Waals surface area (Å²) in [7, 11) is 0. The lowest BCUT2D eigenvalue weighted by Crippen LogP contribution is -2.40. The normalized spacial score (nSPS) is 14.5. The first kappa shape index (κ1) is 22.1. The van der Waals surface area contributed by atoms with E-state index in [1.54, 1.807) is 6.33 Å². The molecule has 5 rings (SSSR count). The largest absolute Gasteiger partial charge is 0.356 e. The SMILES string of the molecule is Cc1ccc(-n2cc3c(N4CCC(C(=O)NCc5cc(C)ccc5C)CC4)ncnc3n2)cc1. The quantitative estimate of drug-likeness (QED) is 0.487. The summed E-state index contributed by atoms with van der Waals surface area (Å²) < 4.78 is 1.86. The molecule has 34 heavy (non-hydrogen) atoms. The van der Waals surface area contributed by atoms with Crippen LogP contribution in [0.3, 0.4) is 0 Å². The second-order valence-electron chi connectivity index (χ2n) is 9.25. The van der Waals surface area contributed by atoms with E-state index in [4.69, 9.17) is 0 Å². The number of amides is 1. The molecule has 1 amide bonds. The molecule has 7 heteroatoms. The number of nitrogens with zero attached hydrogens (tertiary/aromatic N) is 5. The predicted molar refractivity (Wildman–Crippen MR) is 134 cm³/mol. The van der Waals surface area contributed by atoms with Crippen molar-refractivity contribution in [3.8, 4) is 5.69 Å². The first-order valence-corrected chi connectivity index (χ1v) is 11.8. The Bertz CT molecular complexity index is 1320. The molecule has 0 saturated carbocycles. The van der Waals surface area contributed by atoms with Gasteiger partial charge in [-0.15, -0.1) is 5.10 Å². The smallest absolute Gasteiger partial charge is 0.223 e. The minimum Gasteiger partial charge on any atom is -0.356 e. The summed E-state index contributed by atoms with van der Waals surface area (Å²) in [5, 5.41) is 8.73. The molecule has 0 atom stereocenters. The van der Waals surface area contributed by atoms with Crippen LogP contribution in [-0.2, 0) is 11.3 Å². The van der Waals surface area contributed by atoms with E-state index in [1.165, 1.54) is 22.3 Å². The lowest BCUT2D eigenvalue weighted by atomic mass is 9.95. The second-order valence-corrected chi connectivity index (χ2v) is 9.25. The Kier molecular flexibility index (Phi) is 6.01. The Balaban J connectivity index is 1.25. The van der Waals surface area contributed by atoms with Gasteiger partial charge in [0.1, 0.15) is 12.1 Å². The number of hydrogen-bond acceptors (Lipinski definition) is 5. The van der Waals surface area contributed by atoms with E-state index in [-0.39, 0.29) is 11.8 Å². The van der Waals surface area contributed by atoms with Gasteiger partial charge in [0.05, 0.1) is 11.1 Å². The number of aromatic nitrogens is 4. The molecular weight excluding hydrogens is 424 g/mol. The minimum atomic E-state index is 0.0222. The van der Waals surface area contributed by atoms with Gasteiger partial charge in [0.2, 0.25) is 5.91 Å². The first-order valence-electron chi connectivity index (χ1n) is 11.8. The highest BCUT2D eigenvalue weighted by Crippen LogP contribution is 2.28. The summed E-state index contributed by atoms with van der Waals surface area (Å²) in [5.74, 6) is 1.05. The maximum atomic E-state index is 12.8. The molecule has 7 nitrogen and oxygen atoms in total. The summed E-state index contributed by atoms with van der Waals surface area (Å²) in [6.45, 7) is 8.38. The lowest BCUT2D eigenvalue weighted by molar-refractivity contribution is -0.125. The molecule has 0 radical (unpaired) electrons. The van der Waals surface area contributed by atoms with E-state index in [0.29, 0.717) is 12.2 Å². The molecule has 2 aromatic carbocycles. The zero-order chi connectivity index (χ0) is 23.7. The number of aryl methyl sites for hydroxylation is 3. The van der Waals surface area contributed by atoms with Crippen molar-refractivity contribution < 1.29 is 4.79 Å². The highest BCUT2D eigenvalue weighted by Gasteiger charge is 2.27. The fourth-order valence-corrected chi connectivity index (χ4v) is 4.58. The fraction of sp³-hybridized carbons (Fsp3) is 0.333. The van der Waals surface area contributed by atoms with Crippen LogP contribution >= 0.6 is 0 Å². The van der Waals surface area contributed by atoms with Crippen LogP contribution in [0.1, 0.15) is 35.1 Å². The summed E-state index contributed by atoms with van der Waals surface area (Å²) in [6, 6.07) is 14.6. The van der Waals surface area contributed by atoms with Crippen LogP contribution in [0.15, 0.2) is 55.0 Å². The van der Waals surface area contributed by atoms with E-state index < -0.39 is 0 Å². The van der Waals surface area contributed by atoms with Crippen LogP contribution in [0.25, 0.3) is 16.7 Å². The van der Waals surface area contributed by atoms with Gasteiger partial charge >= 0.3 is 0 Å². The van der Waals surface area contributed by atoms with Gasteiger partial charge in [0, 0.05) is 31.7 Å². The summed E-state index contributed by atoms with van der Waals surface area (Å²) in [4.78, 5) is 24.0. The fourth-order valence-electron chi connectivity index (χ4n) is 4.58. The van der Waals surface area contributed by atoms with Crippen LogP contribution in [0.5, 0.6) is 0 Å². The van der Waals surface area contributed by atoms with Gasteiger partial charge in [-0.2, -0.15) is 0 Å². The number of piperidine rings is 1. The highest BCUT2D eigenvalue weighted by molar-refractivity contribution is 5.87. The molecule has 0 spiro atoms. The molecule has 1 aliphatic rings. The second kappa shape index (κ2) is 9.25. The van der Waals surface area contributed by atoms with Crippen molar-refractivity contribution in [2.45, 2.75) is 40.2 Å². The third-order valence-corrected chi connectivity index (χ3v) is 6.72. The molecule has 0 bridgehead atoms. The van der Waals surface area contributed by atoms with Gasteiger partial charge in [-0.05, 0) is 56.9 Å². The van der Waals surface area contributed by atoms with Gasteiger partial charge in [-0.3, -0.25) is 4.79 Å². The number of anilines is 1. The number of nitrogens with one attached hydrogen (secondary N) is 1. The molecule has 0 unspecified atom stereocenters. The topological polar surface area (TPSA) is 75.9 Å². The Morgan fingerprint density at radius 3 is 2.50 bits per heavy atom. The van der Waals surface area contributed by atoms with Crippen LogP contribution < -0.4 is 10.2 Å². The number of fused-ring (bicyclic) bond motifs is 1.